The van der Waals surface area contributed by atoms with E-state index in [1.807, 2.05) is 0 Å². The number of aromatic nitrogens is 2. The van der Waals surface area contributed by atoms with Crippen LogP contribution in [0.4, 0.5) is 4.39 Å². The lowest BCUT2D eigenvalue weighted by Crippen LogP contribution is -2.22. The molecule has 5 nitrogen and oxygen atoms in total. The molecule has 2 aromatic heterocycles. The van der Waals surface area contributed by atoms with Crippen molar-refractivity contribution in [3.05, 3.63) is 38.5 Å². The summed E-state index contributed by atoms with van der Waals surface area (Å²) in [7, 11) is 0. The average molecular weight is 299 g/mol. The minimum atomic E-state index is -0.816. The van der Waals surface area contributed by atoms with E-state index < -0.39 is 17.2 Å². The molecule has 2 heterocycles. The predicted octanol–water partition coefficient (Wildman–Crippen LogP) is 2.45. The van der Waals surface area contributed by atoms with Gasteiger partial charge in [-0.2, -0.15) is 0 Å². The molecule has 0 saturated heterocycles. The third kappa shape index (κ3) is 2.38. The number of nitrogens with one attached hydrogen (secondary N) is 1. The summed E-state index contributed by atoms with van der Waals surface area (Å²) in [6.45, 7) is 3.55. The number of esters is 1. The molecule has 0 saturated carbocycles. The number of carbonyl (C=O) groups excluding carboxylic acids is 1. The smallest absolute Gasteiger partial charge is 0.343 e. The second-order valence-corrected chi connectivity index (χ2v) is 4.40. The molecule has 0 radical (unpaired) electrons. The van der Waals surface area contributed by atoms with E-state index in [1.54, 1.807) is 13.8 Å². The zero-order valence-electron chi connectivity index (χ0n) is 10.9. The van der Waals surface area contributed by atoms with Crippen molar-refractivity contribution in [3.8, 4) is 0 Å². The largest absolute Gasteiger partial charge is 0.462 e. The fraction of sp³-hybridized carbons (Fsp3) is 0.308. The number of fused-ring (bicyclic) bond motifs is 1. The first-order valence-corrected chi connectivity index (χ1v) is 6.45. The number of rotatable bonds is 3. The maximum atomic E-state index is 13.4. The third-order valence-corrected chi connectivity index (χ3v) is 3.07. The van der Waals surface area contributed by atoms with Crippen LogP contribution >= 0.6 is 11.6 Å². The molecular weight excluding hydrogens is 287 g/mol. The van der Waals surface area contributed by atoms with Crippen LogP contribution in [0.25, 0.3) is 11.0 Å². The number of ether oxygens (including phenoxy) is 1. The van der Waals surface area contributed by atoms with Gasteiger partial charge in [-0.25, -0.2) is 14.2 Å². The first-order valence-electron chi connectivity index (χ1n) is 6.07. The minimum Gasteiger partial charge on any atom is -0.462 e. The summed E-state index contributed by atoms with van der Waals surface area (Å²) in [5.74, 6) is -1.55. The van der Waals surface area contributed by atoms with E-state index in [-0.39, 0.29) is 28.4 Å². The quantitative estimate of drug-likeness (QED) is 0.698. The molecule has 0 aliphatic carbocycles. The summed E-state index contributed by atoms with van der Waals surface area (Å²) < 4.78 is 18.3. The van der Waals surface area contributed by atoms with Gasteiger partial charge in [0.1, 0.15) is 11.2 Å². The van der Waals surface area contributed by atoms with Gasteiger partial charge in [-0.05, 0) is 19.4 Å². The Morgan fingerprint density at radius 1 is 1.50 bits per heavy atom. The van der Waals surface area contributed by atoms with Crippen LogP contribution in [0, 0.1) is 5.82 Å². The van der Waals surface area contributed by atoms with Gasteiger partial charge in [0.15, 0.2) is 11.0 Å². The first-order chi connectivity index (χ1) is 9.49. The number of halogens is 2. The molecule has 106 valence electrons. The van der Waals surface area contributed by atoms with Crippen molar-refractivity contribution in [1.82, 2.24) is 9.97 Å². The molecule has 20 heavy (non-hydrogen) atoms. The monoisotopic (exact) mass is 298 g/mol. The van der Waals surface area contributed by atoms with E-state index in [0.717, 1.165) is 6.07 Å². The average Bonchev–Trinajstić information content (AvgIpc) is 2.41. The SMILES string of the molecule is CCOC(=O)c1c(CC)[nH]c2nc(Cl)c(F)cc2c1=O. The van der Waals surface area contributed by atoms with Crippen LogP contribution in [0.5, 0.6) is 0 Å². The van der Waals surface area contributed by atoms with Gasteiger partial charge in [-0.3, -0.25) is 4.79 Å². The van der Waals surface area contributed by atoms with Crippen LogP contribution in [0.1, 0.15) is 29.9 Å². The summed E-state index contributed by atoms with van der Waals surface area (Å²) in [5.41, 5.74) is -0.204. The van der Waals surface area contributed by atoms with E-state index in [0.29, 0.717) is 12.1 Å². The van der Waals surface area contributed by atoms with Crippen molar-refractivity contribution in [1.29, 1.82) is 0 Å². The maximum Gasteiger partial charge on any atom is 0.343 e. The van der Waals surface area contributed by atoms with Gasteiger partial charge < -0.3 is 9.72 Å². The Labute approximate surface area is 118 Å². The summed E-state index contributed by atoms with van der Waals surface area (Å²) in [5, 5.41) is -0.369. The molecule has 0 bridgehead atoms. The van der Waals surface area contributed by atoms with E-state index in [1.165, 1.54) is 0 Å². The number of pyridine rings is 2. The van der Waals surface area contributed by atoms with E-state index in [4.69, 9.17) is 16.3 Å². The van der Waals surface area contributed by atoms with Crippen LogP contribution in [-0.4, -0.2) is 22.5 Å². The molecule has 0 fully saturated rings. The molecule has 7 heteroatoms. The van der Waals surface area contributed by atoms with Crippen molar-refractivity contribution >= 4 is 28.6 Å². The highest BCUT2D eigenvalue weighted by atomic mass is 35.5. The summed E-state index contributed by atoms with van der Waals surface area (Å²) in [6.07, 6.45) is 0.399. The number of hydrogen-bond donors (Lipinski definition) is 1. The van der Waals surface area contributed by atoms with Crippen molar-refractivity contribution in [2.75, 3.05) is 6.61 Å². The van der Waals surface area contributed by atoms with Crippen LogP contribution in [-0.2, 0) is 11.2 Å². The Balaban J connectivity index is 2.81. The number of nitrogens with zero attached hydrogens (tertiary/aromatic N) is 1. The minimum absolute atomic E-state index is 0.0350. The lowest BCUT2D eigenvalue weighted by atomic mass is 10.1. The molecule has 1 N–H and O–H groups in total. The summed E-state index contributed by atoms with van der Waals surface area (Å²) >= 11 is 5.59. The van der Waals surface area contributed by atoms with E-state index in [2.05, 4.69) is 9.97 Å². The molecule has 0 aliphatic heterocycles. The number of aromatic amines is 1. The van der Waals surface area contributed by atoms with Crippen LogP contribution in [0.3, 0.4) is 0 Å². The van der Waals surface area contributed by atoms with Gasteiger partial charge in [0, 0.05) is 5.69 Å². The summed E-state index contributed by atoms with van der Waals surface area (Å²) in [6, 6.07) is 0.964. The Hall–Kier alpha value is -1.95. The van der Waals surface area contributed by atoms with Crippen molar-refractivity contribution in [3.63, 3.8) is 0 Å². The highest BCUT2D eigenvalue weighted by Gasteiger charge is 2.20. The topological polar surface area (TPSA) is 72.1 Å². The molecule has 0 amide bonds. The number of aryl methyl sites for hydroxylation is 1. The highest BCUT2D eigenvalue weighted by Crippen LogP contribution is 2.18. The fourth-order valence-electron chi connectivity index (χ4n) is 1.90. The Bertz CT molecular complexity index is 742. The van der Waals surface area contributed by atoms with Gasteiger partial charge in [0.2, 0.25) is 5.43 Å². The highest BCUT2D eigenvalue weighted by molar-refractivity contribution is 6.29. The zero-order valence-corrected chi connectivity index (χ0v) is 11.7. The second kappa shape index (κ2) is 5.58. The molecule has 0 aromatic carbocycles. The Morgan fingerprint density at radius 2 is 2.20 bits per heavy atom. The second-order valence-electron chi connectivity index (χ2n) is 4.04. The predicted molar refractivity (Wildman–Crippen MR) is 72.7 cm³/mol. The lowest BCUT2D eigenvalue weighted by molar-refractivity contribution is 0.0523. The zero-order chi connectivity index (χ0) is 14.9. The Kier molecular flexibility index (Phi) is 4.04. The fourth-order valence-corrected chi connectivity index (χ4v) is 2.04. The number of H-pyrrole nitrogens is 1. The van der Waals surface area contributed by atoms with Crippen molar-refractivity contribution in [2.24, 2.45) is 0 Å². The van der Waals surface area contributed by atoms with Gasteiger partial charge >= 0.3 is 5.97 Å². The molecule has 0 unspecified atom stereocenters. The van der Waals surface area contributed by atoms with Gasteiger partial charge in [0.05, 0.1) is 12.0 Å². The van der Waals surface area contributed by atoms with Crippen LogP contribution in [0.15, 0.2) is 10.9 Å². The molecular formula is C13H12ClFN2O3. The van der Waals surface area contributed by atoms with Gasteiger partial charge in [-0.1, -0.05) is 18.5 Å². The Morgan fingerprint density at radius 3 is 2.80 bits per heavy atom. The lowest BCUT2D eigenvalue weighted by Gasteiger charge is -2.09. The van der Waals surface area contributed by atoms with Gasteiger partial charge in [-0.15, -0.1) is 0 Å². The maximum absolute atomic E-state index is 13.4. The summed E-state index contributed by atoms with van der Waals surface area (Å²) in [4.78, 5) is 30.8. The van der Waals surface area contributed by atoms with Crippen LogP contribution < -0.4 is 5.43 Å². The number of carbonyl (C=O) groups is 1. The van der Waals surface area contributed by atoms with E-state index >= 15 is 0 Å². The first kappa shape index (κ1) is 14.5. The van der Waals surface area contributed by atoms with Crippen molar-refractivity contribution in [2.45, 2.75) is 20.3 Å². The van der Waals surface area contributed by atoms with Gasteiger partial charge in [0.25, 0.3) is 0 Å². The van der Waals surface area contributed by atoms with E-state index in [9.17, 15) is 14.0 Å². The molecule has 0 atom stereocenters. The normalized spacial score (nSPS) is 10.8. The molecule has 2 aromatic rings. The molecule has 0 spiro atoms. The standard InChI is InChI=1S/C13H12ClFN2O3/c1-3-8-9(13(19)20-4-2)10(18)6-5-7(15)11(14)17-12(6)16-8/h5H,3-4H2,1-2H3,(H,16,17,18). The van der Waals surface area contributed by atoms with Crippen molar-refractivity contribution < 1.29 is 13.9 Å². The van der Waals surface area contributed by atoms with Crippen LogP contribution in [0.2, 0.25) is 5.15 Å². The molecule has 2 rings (SSSR count). The molecule has 0 aliphatic rings. The number of hydrogen-bond acceptors (Lipinski definition) is 4. The third-order valence-electron chi connectivity index (χ3n) is 2.81.